The third kappa shape index (κ3) is 3.41. The zero-order valence-corrected chi connectivity index (χ0v) is 13.1. The van der Waals surface area contributed by atoms with E-state index in [0.29, 0.717) is 0 Å². The molecule has 23 heavy (non-hydrogen) atoms. The smallest absolute Gasteiger partial charge is 0.134 e. The number of fused-ring (bicyclic) bond motifs is 1. The number of allylic oxidation sites excluding steroid dienone is 1. The molecule has 0 aliphatic rings. The monoisotopic (exact) mass is 298 g/mol. The zero-order chi connectivity index (χ0) is 16.1. The molecule has 112 valence electrons. The highest BCUT2D eigenvalue weighted by atomic mass is 15.0. The van der Waals surface area contributed by atoms with Gasteiger partial charge in [0.25, 0.3) is 0 Å². The molecule has 1 heterocycles. The lowest BCUT2D eigenvalue weighted by molar-refractivity contribution is 1.12. The summed E-state index contributed by atoms with van der Waals surface area (Å²) in [7, 11) is 0. The summed E-state index contributed by atoms with van der Waals surface area (Å²) in [6, 6.07) is 18.6. The minimum atomic E-state index is 0.729. The van der Waals surface area contributed by atoms with Crippen molar-refractivity contribution >= 4 is 22.2 Å². The topological polar surface area (TPSA) is 24.9 Å². The number of nitrogens with one attached hydrogen (secondary N) is 1. The number of pyridine rings is 1. The standard InChI is InChI=1S/C21H18N2/c1-3-6-16(2)18-11-9-17(10-12-18)15-23-21-20-8-5-4-7-19(20)13-14-22-21/h4-5,7-14H,2,15H2,1H3,(H,22,23). The number of hydrogen-bond acceptors (Lipinski definition) is 2. The molecule has 0 saturated carbocycles. The van der Waals surface area contributed by atoms with Gasteiger partial charge < -0.3 is 5.32 Å². The molecule has 0 bridgehead atoms. The van der Waals surface area contributed by atoms with Crippen LogP contribution in [0.4, 0.5) is 5.82 Å². The first-order valence-electron chi connectivity index (χ1n) is 7.56. The molecule has 0 atom stereocenters. The quantitative estimate of drug-likeness (QED) is 0.694. The van der Waals surface area contributed by atoms with Crippen LogP contribution in [0.5, 0.6) is 0 Å². The molecule has 0 aliphatic carbocycles. The largest absolute Gasteiger partial charge is 0.365 e. The highest BCUT2D eigenvalue weighted by Gasteiger charge is 2.02. The molecule has 0 amide bonds. The fourth-order valence-electron chi connectivity index (χ4n) is 2.49. The predicted molar refractivity (Wildman–Crippen MR) is 98.0 cm³/mol. The minimum absolute atomic E-state index is 0.729. The number of aromatic nitrogens is 1. The first-order valence-corrected chi connectivity index (χ1v) is 7.56. The van der Waals surface area contributed by atoms with Crippen LogP contribution in [0.1, 0.15) is 18.1 Å². The highest BCUT2D eigenvalue weighted by Crippen LogP contribution is 2.21. The molecule has 3 aromatic rings. The number of rotatable bonds is 4. The highest BCUT2D eigenvalue weighted by molar-refractivity contribution is 5.91. The van der Waals surface area contributed by atoms with Crippen molar-refractivity contribution in [3.63, 3.8) is 0 Å². The second-order valence-electron chi connectivity index (χ2n) is 5.28. The zero-order valence-electron chi connectivity index (χ0n) is 13.1. The van der Waals surface area contributed by atoms with Gasteiger partial charge in [0.2, 0.25) is 0 Å². The van der Waals surface area contributed by atoms with Gasteiger partial charge in [-0.25, -0.2) is 4.98 Å². The normalized spacial score (nSPS) is 9.96. The van der Waals surface area contributed by atoms with Gasteiger partial charge in [-0.15, -0.1) is 5.92 Å². The fourth-order valence-corrected chi connectivity index (χ4v) is 2.49. The predicted octanol–water partition coefficient (Wildman–Crippen LogP) is 4.88. The van der Waals surface area contributed by atoms with Crippen molar-refractivity contribution in [1.29, 1.82) is 0 Å². The van der Waals surface area contributed by atoms with E-state index in [-0.39, 0.29) is 0 Å². The maximum atomic E-state index is 4.45. The Morgan fingerprint density at radius 1 is 1.09 bits per heavy atom. The summed E-state index contributed by atoms with van der Waals surface area (Å²) < 4.78 is 0. The average Bonchev–Trinajstić information content (AvgIpc) is 2.60. The molecular formula is C21H18N2. The van der Waals surface area contributed by atoms with Crippen molar-refractivity contribution in [3.8, 4) is 11.8 Å². The second-order valence-corrected chi connectivity index (χ2v) is 5.28. The van der Waals surface area contributed by atoms with Crippen molar-refractivity contribution in [2.24, 2.45) is 0 Å². The average molecular weight is 298 g/mol. The Labute approximate surface area is 136 Å². The maximum absolute atomic E-state index is 4.45. The summed E-state index contributed by atoms with van der Waals surface area (Å²) in [4.78, 5) is 4.45. The molecule has 2 nitrogen and oxygen atoms in total. The van der Waals surface area contributed by atoms with Gasteiger partial charge in [-0.05, 0) is 29.5 Å². The van der Waals surface area contributed by atoms with E-state index in [9.17, 15) is 0 Å². The molecule has 0 radical (unpaired) electrons. The Morgan fingerprint density at radius 3 is 2.65 bits per heavy atom. The molecule has 2 heteroatoms. The molecule has 0 fully saturated rings. The number of anilines is 1. The third-order valence-electron chi connectivity index (χ3n) is 3.71. The number of nitrogens with zero attached hydrogens (tertiary/aromatic N) is 1. The van der Waals surface area contributed by atoms with Gasteiger partial charge in [0.1, 0.15) is 5.82 Å². The molecule has 0 unspecified atom stereocenters. The van der Waals surface area contributed by atoms with E-state index in [1.165, 1.54) is 10.9 Å². The van der Waals surface area contributed by atoms with Crippen molar-refractivity contribution in [1.82, 2.24) is 4.98 Å². The lowest BCUT2D eigenvalue weighted by Crippen LogP contribution is -2.01. The number of hydrogen-bond donors (Lipinski definition) is 1. The summed E-state index contributed by atoms with van der Waals surface area (Å²) in [5.41, 5.74) is 3.11. The van der Waals surface area contributed by atoms with Crippen LogP contribution in [0, 0.1) is 11.8 Å². The van der Waals surface area contributed by atoms with Crippen LogP contribution in [-0.4, -0.2) is 4.98 Å². The molecule has 0 aliphatic heterocycles. The van der Waals surface area contributed by atoms with Crippen molar-refractivity contribution < 1.29 is 0 Å². The summed E-state index contributed by atoms with van der Waals surface area (Å²) in [5.74, 6) is 6.77. The van der Waals surface area contributed by atoms with Crippen LogP contribution in [0.2, 0.25) is 0 Å². The minimum Gasteiger partial charge on any atom is -0.365 e. The van der Waals surface area contributed by atoms with E-state index in [2.05, 4.69) is 65.1 Å². The summed E-state index contributed by atoms with van der Waals surface area (Å²) in [5, 5.41) is 5.74. The Morgan fingerprint density at radius 2 is 1.87 bits per heavy atom. The fraction of sp³-hybridized carbons (Fsp3) is 0.0952. The van der Waals surface area contributed by atoms with Gasteiger partial charge in [-0.3, -0.25) is 0 Å². The molecule has 2 aromatic carbocycles. The molecule has 1 aromatic heterocycles. The Kier molecular flexibility index (Phi) is 4.40. The lowest BCUT2D eigenvalue weighted by Gasteiger charge is -2.09. The first-order chi connectivity index (χ1) is 11.3. The van der Waals surface area contributed by atoms with Crippen molar-refractivity contribution in [2.75, 3.05) is 5.32 Å². The van der Waals surface area contributed by atoms with Gasteiger partial charge >= 0.3 is 0 Å². The van der Waals surface area contributed by atoms with Gasteiger partial charge in [0, 0.05) is 23.7 Å². The Balaban J connectivity index is 1.75. The van der Waals surface area contributed by atoms with E-state index in [4.69, 9.17) is 0 Å². The van der Waals surface area contributed by atoms with Crippen LogP contribution in [-0.2, 0) is 6.54 Å². The van der Waals surface area contributed by atoms with E-state index in [0.717, 1.165) is 28.9 Å². The van der Waals surface area contributed by atoms with Gasteiger partial charge in [0.05, 0.1) is 0 Å². The van der Waals surface area contributed by atoms with Crippen LogP contribution in [0.3, 0.4) is 0 Å². The molecule has 3 rings (SSSR count). The summed E-state index contributed by atoms with van der Waals surface area (Å²) in [6.45, 7) is 6.52. The van der Waals surface area contributed by atoms with E-state index >= 15 is 0 Å². The summed E-state index contributed by atoms with van der Waals surface area (Å²) in [6.07, 6.45) is 1.83. The molecule has 0 spiro atoms. The Bertz CT molecular complexity index is 891. The molecule has 0 saturated heterocycles. The third-order valence-corrected chi connectivity index (χ3v) is 3.71. The van der Waals surface area contributed by atoms with Crippen LogP contribution >= 0.6 is 0 Å². The number of benzene rings is 2. The molecular weight excluding hydrogens is 280 g/mol. The van der Waals surface area contributed by atoms with Crippen molar-refractivity contribution in [3.05, 3.63) is 78.5 Å². The van der Waals surface area contributed by atoms with E-state index in [1.54, 1.807) is 0 Å². The van der Waals surface area contributed by atoms with Gasteiger partial charge in [-0.1, -0.05) is 61.0 Å². The second kappa shape index (κ2) is 6.81. The van der Waals surface area contributed by atoms with Gasteiger partial charge in [0.15, 0.2) is 0 Å². The van der Waals surface area contributed by atoms with E-state index < -0.39 is 0 Å². The SMILES string of the molecule is C=C(C#CC)c1ccc(CNc2nccc3ccccc23)cc1. The Hall–Kier alpha value is -3.05. The van der Waals surface area contributed by atoms with Crippen LogP contribution < -0.4 is 5.32 Å². The van der Waals surface area contributed by atoms with Crippen LogP contribution in [0.15, 0.2) is 67.4 Å². The van der Waals surface area contributed by atoms with E-state index in [1.807, 2.05) is 31.3 Å². The van der Waals surface area contributed by atoms with Gasteiger partial charge in [-0.2, -0.15) is 0 Å². The molecule has 1 N–H and O–H groups in total. The van der Waals surface area contributed by atoms with Crippen LogP contribution in [0.25, 0.3) is 16.3 Å². The maximum Gasteiger partial charge on any atom is 0.134 e. The lowest BCUT2D eigenvalue weighted by atomic mass is 10.1. The first kappa shape index (κ1) is 14.9. The van der Waals surface area contributed by atoms with Crippen molar-refractivity contribution in [2.45, 2.75) is 13.5 Å². The summed E-state index contributed by atoms with van der Waals surface area (Å²) >= 11 is 0.